The first-order chi connectivity index (χ1) is 13.1. The fraction of sp³-hybridized carbons (Fsp3) is 0.125. The van der Waals surface area contributed by atoms with Crippen molar-refractivity contribution in [1.29, 1.82) is 0 Å². The SMILES string of the molecule is O=C(O)Cn1c(=O)c(=O)[nH]c2cc(C(F)(F)F)c(-n3ccc(/C=N\O)c3)cc21. The minimum atomic E-state index is -4.82. The lowest BCUT2D eigenvalue weighted by Gasteiger charge is -2.16. The number of halogens is 3. The Morgan fingerprint density at radius 1 is 1.29 bits per heavy atom. The summed E-state index contributed by atoms with van der Waals surface area (Å²) in [5.41, 5.74) is -4.23. The Morgan fingerprint density at radius 3 is 2.61 bits per heavy atom. The number of hydrogen-bond acceptors (Lipinski definition) is 5. The standard InChI is InChI=1S/C16H11F3N4O5/c17-16(18,19)9-3-10-12(23(7-13(24)25)15(27)14(26)21-10)4-11(9)22-2-1-8(6-22)5-20-28/h1-6,28H,7H2,(H,21,26)(H,24,25)/b20-5-. The Kier molecular flexibility index (Phi) is 4.55. The highest BCUT2D eigenvalue weighted by atomic mass is 19.4. The van der Waals surface area contributed by atoms with Crippen LogP contribution in [0.1, 0.15) is 11.1 Å². The second-order valence-corrected chi connectivity index (χ2v) is 5.72. The fourth-order valence-corrected chi connectivity index (χ4v) is 2.75. The number of rotatable bonds is 4. The lowest BCUT2D eigenvalue weighted by molar-refractivity contribution is -0.138. The Hall–Kier alpha value is -3.83. The number of carboxylic acid groups (broad SMARTS) is 1. The molecule has 1 aromatic carbocycles. The number of nitrogens with zero attached hydrogens (tertiary/aromatic N) is 3. The minimum absolute atomic E-state index is 0.193. The molecule has 2 aromatic heterocycles. The molecular weight excluding hydrogens is 385 g/mol. The van der Waals surface area contributed by atoms with Crippen LogP contribution in [0.2, 0.25) is 0 Å². The molecule has 0 saturated heterocycles. The molecule has 0 bridgehead atoms. The van der Waals surface area contributed by atoms with Crippen LogP contribution in [-0.2, 0) is 17.5 Å². The molecule has 9 nitrogen and oxygen atoms in total. The van der Waals surface area contributed by atoms with Crippen molar-refractivity contribution in [1.82, 2.24) is 14.1 Å². The molecule has 3 rings (SSSR count). The second kappa shape index (κ2) is 6.72. The third-order valence-electron chi connectivity index (χ3n) is 3.89. The molecule has 0 aliphatic heterocycles. The maximum absolute atomic E-state index is 13.6. The number of oxime groups is 1. The molecule has 0 aliphatic carbocycles. The summed E-state index contributed by atoms with van der Waals surface area (Å²) >= 11 is 0. The van der Waals surface area contributed by atoms with Crippen LogP contribution < -0.4 is 11.1 Å². The van der Waals surface area contributed by atoms with Crippen LogP contribution >= 0.6 is 0 Å². The van der Waals surface area contributed by atoms with Crippen LogP contribution in [0, 0.1) is 0 Å². The smallest absolute Gasteiger partial charge is 0.418 e. The zero-order valence-electron chi connectivity index (χ0n) is 13.8. The molecule has 0 unspecified atom stereocenters. The molecule has 146 valence electrons. The Bertz CT molecular complexity index is 1220. The summed E-state index contributed by atoms with van der Waals surface area (Å²) in [5.74, 6) is -1.45. The van der Waals surface area contributed by atoms with E-state index in [9.17, 15) is 27.6 Å². The van der Waals surface area contributed by atoms with E-state index < -0.39 is 41.1 Å². The number of alkyl halides is 3. The number of aromatic nitrogens is 3. The Labute approximate surface area is 152 Å². The molecule has 28 heavy (non-hydrogen) atoms. The van der Waals surface area contributed by atoms with Gasteiger partial charge in [0.25, 0.3) is 0 Å². The first-order valence-corrected chi connectivity index (χ1v) is 7.57. The van der Waals surface area contributed by atoms with Gasteiger partial charge in [0.1, 0.15) is 6.54 Å². The van der Waals surface area contributed by atoms with E-state index in [0.29, 0.717) is 16.2 Å². The Balaban J connectivity index is 2.40. The summed E-state index contributed by atoms with van der Waals surface area (Å²) in [7, 11) is 0. The molecule has 3 aromatic rings. The summed E-state index contributed by atoms with van der Waals surface area (Å²) in [6.45, 7) is -0.905. The van der Waals surface area contributed by atoms with Gasteiger partial charge in [0.2, 0.25) is 0 Å². The monoisotopic (exact) mass is 396 g/mol. The van der Waals surface area contributed by atoms with E-state index in [0.717, 1.165) is 16.8 Å². The number of benzene rings is 1. The van der Waals surface area contributed by atoms with Gasteiger partial charge in [0, 0.05) is 18.0 Å². The third kappa shape index (κ3) is 3.39. The van der Waals surface area contributed by atoms with E-state index in [1.54, 1.807) is 0 Å². The number of nitrogens with one attached hydrogen (secondary N) is 1. The van der Waals surface area contributed by atoms with Crippen molar-refractivity contribution < 1.29 is 28.3 Å². The van der Waals surface area contributed by atoms with Gasteiger partial charge < -0.3 is 19.9 Å². The third-order valence-corrected chi connectivity index (χ3v) is 3.89. The van der Waals surface area contributed by atoms with Crippen molar-refractivity contribution in [2.75, 3.05) is 0 Å². The predicted octanol–water partition coefficient (Wildman–Crippen LogP) is 1.39. The molecular formula is C16H11F3N4O5. The average Bonchev–Trinajstić information content (AvgIpc) is 3.06. The summed E-state index contributed by atoms with van der Waals surface area (Å²) in [6, 6.07) is 2.96. The number of carbonyl (C=O) groups is 1. The van der Waals surface area contributed by atoms with E-state index >= 15 is 0 Å². The summed E-state index contributed by atoms with van der Waals surface area (Å²) in [4.78, 5) is 36.8. The number of H-pyrrole nitrogens is 1. The van der Waals surface area contributed by atoms with Gasteiger partial charge in [-0.05, 0) is 18.2 Å². The van der Waals surface area contributed by atoms with Crippen molar-refractivity contribution in [3.05, 3.63) is 62.4 Å². The van der Waals surface area contributed by atoms with Gasteiger partial charge in [-0.1, -0.05) is 5.16 Å². The molecule has 0 atom stereocenters. The number of aliphatic carboxylic acids is 1. The van der Waals surface area contributed by atoms with Gasteiger partial charge in [-0.3, -0.25) is 19.0 Å². The van der Waals surface area contributed by atoms with E-state index in [-0.39, 0.29) is 11.0 Å². The first-order valence-electron chi connectivity index (χ1n) is 7.57. The summed E-state index contributed by atoms with van der Waals surface area (Å²) in [6.07, 6.45) is -1.31. The molecule has 12 heteroatoms. The average molecular weight is 396 g/mol. The summed E-state index contributed by atoms with van der Waals surface area (Å²) in [5, 5.41) is 20.3. The van der Waals surface area contributed by atoms with Crippen molar-refractivity contribution >= 4 is 23.2 Å². The number of carboxylic acids is 1. The molecule has 0 fully saturated rings. The predicted molar refractivity (Wildman–Crippen MR) is 90.2 cm³/mol. The van der Waals surface area contributed by atoms with Gasteiger partial charge in [0.05, 0.1) is 28.5 Å². The van der Waals surface area contributed by atoms with E-state index in [2.05, 4.69) is 5.16 Å². The summed E-state index contributed by atoms with van der Waals surface area (Å²) < 4.78 is 42.4. The molecule has 3 N–H and O–H groups in total. The fourth-order valence-electron chi connectivity index (χ4n) is 2.75. The maximum Gasteiger partial charge on any atom is 0.418 e. The molecule has 0 radical (unpaired) electrons. The van der Waals surface area contributed by atoms with Crippen LogP contribution in [-0.4, -0.2) is 36.6 Å². The zero-order chi connectivity index (χ0) is 20.6. The largest absolute Gasteiger partial charge is 0.480 e. The highest BCUT2D eigenvalue weighted by Crippen LogP contribution is 2.36. The van der Waals surface area contributed by atoms with Gasteiger partial charge in [-0.2, -0.15) is 13.2 Å². The van der Waals surface area contributed by atoms with Crippen molar-refractivity contribution in [3.63, 3.8) is 0 Å². The number of hydrogen-bond donors (Lipinski definition) is 3. The molecule has 0 amide bonds. The van der Waals surface area contributed by atoms with Crippen LogP contribution in [0.4, 0.5) is 13.2 Å². The van der Waals surface area contributed by atoms with E-state index in [4.69, 9.17) is 10.3 Å². The quantitative estimate of drug-likeness (QED) is 0.266. The molecule has 0 aliphatic rings. The van der Waals surface area contributed by atoms with Gasteiger partial charge in [-0.25, -0.2) is 0 Å². The van der Waals surface area contributed by atoms with Gasteiger partial charge >= 0.3 is 23.3 Å². The minimum Gasteiger partial charge on any atom is -0.480 e. The van der Waals surface area contributed by atoms with Crippen LogP contribution in [0.25, 0.3) is 16.7 Å². The molecule has 2 heterocycles. The van der Waals surface area contributed by atoms with Crippen LogP contribution in [0.5, 0.6) is 0 Å². The normalized spacial score (nSPS) is 12.1. The number of aromatic amines is 1. The van der Waals surface area contributed by atoms with Crippen LogP contribution in [0.15, 0.2) is 45.3 Å². The highest BCUT2D eigenvalue weighted by Gasteiger charge is 2.35. The molecule has 0 spiro atoms. The second-order valence-electron chi connectivity index (χ2n) is 5.72. The van der Waals surface area contributed by atoms with Crippen molar-refractivity contribution in [2.45, 2.75) is 12.7 Å². The lowest BCUT2D eigenvalue weighted by atomic mass is 10.1. The van der Waals surface area contributed by atoms with Crippen LogP contribution in [0.3, 0.4) is 0 Å². The van der Waals surface area contributed by atoms with Gasteiger partial charge in [0.15, 0.2) is 0 Å². The lowest BCUT2D eigenvalue weighted by Crippen LogP contribution is -2.38. The van der Waals surface area contributed by atoms with E-state index in [1.165, 1.54) is 18.5 Å². The van der Waals surface area contributed by atoms with Crippen molar-refractivity contribution in [2.24, 2.45) is 5.16 Å². The Morgan fingerprint density at radius 2 is 2.00 bits per heavy atom. The van der Waals surface area contributed by atoms with Gasteiger partial charge in [-0.15, -0.1) is 0 Å². The van der Waals surface area contributed by atoms with Crippen molar-refractivity contribution in [3.8, 4) is 5.69 Å². The van der Waals surface area contributed by atoms with E-state index in [1.807, 2.05) is 4.98 Å². The maximum atomic E-state index is 13.6. The zero-order valence-corrected chi connectivity index (χ0v) is 13.8. The molecule has 0 saturated carbocycles. The topological polar surface area (TPSA) is 130 Å². The highest BCUT2D eigenvalue weighted by molar-refractivity contribution is 5.82. The first kappa shape index (κ1) is 18.9. The number of fused-ring (bicyclic) bond motifs is 1.